The molecule has 3 N–H and O–H groups in total. The van der Waals surface area contributed by atoms with Gasteiger partial charge in [-0.2, -0.15) is 0 Å². The Morgan fingerprint density at radius 3 is 1.38 bits per heavy atom. The predicted molar refractivity (Wildman–Crippen MR) is 144 cm³/mol. The molecule has 0 aliphatic heterocycles. The first-order valence-electron chi connectivity index (χ1n) is 14.8. The molecule has 0 aromatic heterocycles. The fourth-order valence-corrected chi connectivity index (χ4v) is 4.18. The van der Waals surface area contributed by atoms with E-state index in [1.807, 2.05) is 0 Å². The highest BCUT2D eigenvalue weighted by molar-refractivity contribution is 5.80. The summed E-state index contributed by atoms with van der Waals surface area (Å²) in [6, 6.07) is 0. The molecule has 0 aromatic rings. The van der Waals surface area contributed by atoms with Crippen LogP contribution < -0.4 is 0 Å². The first-order valence-corrected chi connectivity index (χ1v) is 14.8. The Bertz CT molecular complexity index is 566. The van der Waals surface area contributed by atoms with Crippen molar-refractivity contribution in [1.29, 1.82) is 0 Å². The molecule has 37 heavy (non-hydrogen) atoms. The summed E-state index contributed by atoms with van der Waals surface area (Å²) in [6.45, 7) is 1.46. The summed E-state index contributed by atoms with van der Waals surface area (Å²) in [5, 5.41) is 27.5. The van der Waals surface area contributed by atoms with Crippen LogP contribution in [0.1, 0.15) is 142 Å². The lowest BCUT2D eigenvalue weighted by Crippen LogP contribution is -2.31. The fraction of sp³-hybridized carbons (Fsp3) is 0.897. The smallest absolute Gasteiger partial charge is 0.335 e. The van der Waals surface area contributed by atoms with Crippen molar-refractivity contribution in [1.82, 2.24) is 0 Å². The van der Waals surface area contributed by atoms with Crippen molar-refractivity contribution >= 4 is 17.9 Å². The Kier molecular flexibility index (Phi) is 24.8. The van der Waals surface area contributed by atoms with Crippen molar-refractivity contribution in [3.8, 4) is 0 Å². The van der Waals surface area contributed by atoms with Crippen LogP contribution in [-0.2, 0) is 23.9 Å². The quantitative estimate of drug-likeness (QED) is 0.0859. The van der Waals surface area contributed by atoms with Crippen LogP contribution in [0.5, 0.6) is 0 Å². The molecular formula is C29H54O8. The van der Waals surface area contributed by atoms with Crippen LogP contribution in [0.3, 0.4) is 0 Å². The Morgan fingerprint density at radius 2 is 0.973 bits per heavy atom. The van der Waals surface area contributed by atoms with E-state index in [4.69, 9.17) is 9.84 Å². The van der Waals surface area contributed by atoms with E-state index in [2.05, 4.69) is 11.7 Å². The van der Waals surface area contributed by atoms with E-state index >= 15 is 0 Å². The van der Waals surface area contributed by atoms with Crippen LogP contribution in [0.2, 0.25) is 0 Å². The second kappa shape index (κ2) is 26.0. The Balaban J connectivity index is 3.38. The van der Waals surface area contributed by atoms with E-state index in [0.29, 0.717) is 0 Å². The maximum atomic E-state index is 11.8. The number of carboxylic acids is 1. The second-order valence-electron chi connectivity index (χ2n) is 10.2. The van der Waals surface area contributed by atoms with Gasteiger partial charge in [0.2, 0.25) is 0 Å². The average molecular weight is 531 g/mol. The minimum atomic E-state index is -1.79. The molecule has 8 nitrogen and oxygen atoms in total. The zero-order valence-electron chi connectivity index (χ0n) is 23.3. The number of aliphatic hydroxyl groups excluding tert-OH is 2. The van der Waals surface area contributed by atoms with Gasteiger partial charge in [-0.05, 0) is 6.42 Å². The second-order valence-corrected chi connectivity index (χ2v) is 10.2. The van der Waals surface area contributed by atoms with Gasteiger partial charge in [-0.1, -0.05) is 122 Å². The maximum Gasteiger partial charge on any atom is 0.335 e. The first-order chi connectivity index (χ1) is 17.9. The van der Waals surface area contributed by atoms with Gasteiger partial charge in [-0.25, -0.2) is 4.79 Å². The number of unbranched alkanes of at least 4 members (excludes halogenated alkanes) is 18. The van der Waals surface area contributed by atoms with E-state index < -0.39 is 43.1 Å². The minimum absolute atomic E-state index is 0.280. The van der Waals surface area contributed by atoms with Crippen molar-refractivity contribution in [3.05, 3.63) is 0 Å². The minimum Gasteiger partial charge on any atom is -0.481 e. The van der Waals surface area contributed by atoms with E-state index in [-0.39, 0.29) is 13.0 Å². The molecule has 0 saturated heterocycles. The van der Waals surface area contributed by atoms with Gasteiger partial charge in [-0.15, -0.1) is 0 Å². The van der Waals surface area contributed by atoms with E-state index in [1.165, 1.54) is 103 Å². The molecule has 218 valence electrons. The molecule has 0 radical (unpaired) electrons. The molecule has 0 aliphatic rings. The van der Waals surface area contributed by atoms with E-state index in [0.717, 1.165) is 19.3 Å². The molecule has 0 rings (SSSR count). The van der Waals surface area contributed by atoms with Crippen LogP contribution in [0.4, 0.5) is 0 Å². The summed E-state index contributed by atoms with van der Waals surface area (Å²) >= 11 is 0. The van der Waals surface area contributed by atoms with Gasteiger partial charge in [0.25, 0.3) is 0 Å². The lowest BCUT2D eigenvalue weighted by atomic mass is 10.0. The molecule has 0 heterocycles. The summed E-state index contributed by atoms with van der Waals surface area (Å²) in [5.74, 6) is -2.89. The molecule has 0 amide bonds. The summed E-state index contributed by atoms with van der Waals surface area (Å²) in [4.78, 5) is 33.5. The molecular weight excluding hydrogens is 476 g/mol. The van der Waals surface area contributed by atoms with Gasteiger partial charge in [0.15, 0.2) is 6.10 Å². The molecule has 0 bridgehead atoms. The Hall–Kier alpha value is -1.67. The Labute approximate surface area is 224 Å². The number of aliphatic carboxylic acids is 1. The third kappa shape index (κ3) is 25.7. The number of esters is 2. The number of aliphatic hydroxyl groups is 2. The normalized spacial score (nSPS) is 12.7. The van der Waals surface area contributed by atoms with Crippen LogP contribution in [0.25, 0.3) is 0 Å². The molecule has 0 spiro atoms. The maximum absolute atomic E-state index is 11.8. The van der Waals surface area contributed by atoms with Crippen molar-refractivity contribution < 1.29 is 39.2 Å². The number of hydrogen-bond donors (Lipinski definition) is 3. The van der Waals surface area contributed by atoms with Crippen LogP contribution in [0, 0.1) is 0 Å². The van der Waals surface area contributed by atoms with Crippen molar-refractivity contribution in [2.24, 2.45) is 0 Å². The summed E-state index contributed by atoms with van der Waals surface area (Å²) in [5.41, 5.74) is 0. The largest absolute Gasteiger partial charge is 0.481 e. The number of hydrogen-bond acceptors (Lipinski definition) is 7. The number of rotatable bonds is 27. The highest BCUT2D eigenvalue weighted by Crippen LogP contribution is 2.15. The third-order valence-corrected chi connectivity index (χ3v) is 6.48. The summed E-state index contributed by atoms with van der Waals surface area (Å²) in [6.07, 6.45) is 21.0. The summed E-state index contributed by atoms with van der Waals surface area (Å²) < 4.78 is 9.57. The van der Waals surface area contributed by atoms with E-state index in [9.17, 15) is 24.6 Å². The highest BCUT2D eigenvalue weighted by Gasteiger charge is 2.21. The molecule has 0 aromatic carbocycles. The van der Waals surface area contributed by atoms with Crippen LogP contribution in [-0.4, -0.2) is 58.6 Å². The average Bonchev–Trinajstić information content (AvgIpc) is 2.86. The van der Waals surface area contributed by atoms with E-state index in [1.54, 1.807) is 0 Å². The molecule has 0 aliphatic carbocycles. The summed E-state index contributed by atoms with van der Waals surface area (Å²) in [7, 11) is 0. The Morgan fingerprint density at radius 1 is 0.595 bits per heavy atom. The van der Waals surface area contributed by atoms with Crippen LogP contribution >= 0.6 is 0 Å². The standard InChI is InChI=1S/C29H54O8/c1-2-3-4-5-6-7-8-9-10-11-12-13-14-15-16-17-18-19-20-21-28(34)36-23-25(30)24-37-29(35)26(31)22-27(32)33/h25-26,30-31H,2-24H2,1H3,(H,32,33). The monoisotopic (exact) mass is 530 g/mol. The lowest BCUT2D eigenvalue weighted by molar-refractivity contribution is -0.162. The first kappa shape index (κ1) is 35.3. The predicted octanol–water partition coefficient (Wildman–Crippen LogP) is 6.09. The van der Waals surface area contributed by atoms with Gasteiger partial charge in [0.05, 0.1) is 6.42 Å². The van der Waals surface area contributed by atoms with Gasteiger partial charge in [-0.3, -0.25) is 9.59 Å². The zero-order valence-corrected chi connectivity index (χ0v) is 23.3. The van der Waals surface area contributed by atoms with Gasteiger partial charge < -0.3 is 24.8 Å². The zero-order chi connectivity index (χ0) is 27.6. The molecule has 0 saturated carbocycles. The van der Waals surface area contributed by atoms with Crippen molar-refractivity contribution in [3.63, 3.8) is 0 Å². The number of carbonyl (C=O) groups is 3. The lowest BCUT2D eigenvalue weighted by Gasteiger charge is -2.13. The van der Waals surface area contributed by atoms with Gasteiger partial charge in [0, 0.05) is 6.42 Å². The van der Waals surface area contributed by atoms with Crippen molar-refractivity contribution in [2.45, 2.75) is 154 Å². The van der Waals surface area contributed by atoms with Gasteiger partial charge >= 0.3 is 17.9 Å². The van der Waals surface area contributed by atoms with Crippen LogP contribution in [0.15, 0.2) is 0 Å². The fourth-order valence-electron chi connectivity index (χ4n) is 4.18. The topological polar surface area (TPSA) is 130 Å². The third-order valence-electron chi connectivity index (χ3n) is 6.48. The molecule has 2 atom stereocenters. The SMILES string of the molecule is CCCCCCCCCCCCCCCCCCCCCC(=O)OCC(O)COC(=O)C(O)CC(=O)O. The highest BCUT2D eigenvalue weighted by atomic mass is 16.6. The number of carboxylic acid groups (broad SMARTS) is 1. The molecule has 8 heteroatoms. The van der Waals surface area contributed by atoms with Gasteiger partial charge in [0.1, 0.15) is 19.3 Å². The molecule has 0 fully saturated rings. The molecule has 2 unspecified atom stereocenters. The van der Waals surface area contributed by atoms with Crippen molar-refractivity contribution in [2.75, 3.05) is 13.2 Å². The number of carbonyl (C=O) groups excluding carboxylic acids is 2. The number of ether oxygens (including phenoxy) is 2.